The van der Waals surface area contributed by atoms with Crippen LogP contribution in [0.2, 0.25) is 0 Å². The first kappa shape index (κ1) is 18.6. The molecule has 0 aliphatic carbocycles. The van der Waals surface area contributed by atoms with Gasteiger partial charge in [0.25, 0.3) is 0 Å². The molecular formula is C19H18N6OS2. The molecule has 0 spiro atoms. The molecule has 2 aromatic carbocycles. The van der Waals surface area contributed by atoms with Crippen LogP contribution in [0.3, 0.4) is 0 Å². The Bertz CT molecular complexity index is 1070. The van der Waals surface area contributed by atoms with Gasteiger partial charge in [-0.25, -0.2) is 4.98 Å². The maximum Gasteiger partial charge on any atom is 0.239 e. The predicted molar refractivity (Wildman–Crippen MR) is 112 cm³/mol. The standard InChI is InChI=1S/C19H18N6OS2/c1-3-24(18-20-15-6-4-5-7-16(15)28-18)17(26)12-27-19-21-22-23-25(19)14-10-8-13(2)9-11-14/h4-11H,3,12H2,1-2H3. The maximum absolute atomic E-state index is 12.8. The summed E-state index contributed by atoms with van der Waals surface area (Å²) in [6, 6.07) is 15.8. The lowest BCUT2D eigenvalue weighted by molar-refractivity contribution is -0.116. The molecule has 28 heavy (non-hydrogen) atoms. The number of aryl methyl sites for hydroxylation is 1. The minimum atomic E-state index is -0.0231. The lowest BCUT2D eigenvalue weighted by Gasteiger charge is -2.17. The highest BCUT2D eigenvalue weighted by Gasteiger charge is 2.20. The molecule has 4 rings (SSSR count). The Morgan fingerprint density at radius 2 is 1.96 bits per heavy atom. The Balaban J connectivity index is 1.49. The maximum atomic E-state index is 12.8. The summed E-state index contributed by atoms with van der Waals surface area (Å²) in [7, 11) is 0. The number of nitrogens with zero attached hydrogens (tertiary/aromatic N) is 6. The van der Waals surface area contributed by atoms with Gasteiger partial charge in [0.05, 0.1) is 21.7 Å². The third-order valence-corrected chi connectivity index (χ3v) is 6.14. The van der Waals surface area contributed by atoms with E-state index in [1.165, 1.54) is 23.1 Å². The van der Waals surface area contributed by atoms with Crippen LogP contribution in [0.5, 0.6) is 0 Å². The second kappa shape index (κ2) is 8.07. The number of carbonyl (C=O) groups excluding carboxylic acids is 1. The van der Waals surface area contributed by atoms with Crippen molar-refractivity contribution in [2.75, 3.05) is 17.2 Å². The van der Waals surface area contributed by atoms with Crippen LogP contribution in [0.15, 0.2) is 53.7 Å². The van der Waals surface area contributed by atoms with Crippen LogP contribution in [0.4, 0.5) is 5.13 Å². The first-order valence-corrected chi connectivity index (χ1v) is 10.6. The fourth-order valence-corrected chi connectivity index (χ4v) is 4.53. The van der Waals surface area contributed by atoms with E-state index in [0.717, 1.165) is 21.5 Å². The molecule has 1 amide bonds. The third kappa shape index (κ3) is 3.76. The van der Waals surface area contributed by atoms with Crippen molar-refractivity contribution in [2.24, 2.45) is 0 Å². The number of carbonyl (C=O) groups is 1. The summed E-state index contributed by atoms with van der Waals surface area (Å²) >= 11 is 2.84. The van der Waals surface area contributed by atoms with Crippen molar-refractivity contribution in [3.8, 4) is 5.69 Å². The lowest BCUT2D eigenvalue weighted by Crippen LogP contribution is -2.32. The largest absolute Gasteiger partial charge is 0.288 e. The van der Waals surface area contributed by atoms with E-state index in [0.29, 0.717) is 16.8 Å². The SMILES string of the molecule is CCN(C(=O)CSc1nnnn1-c1ccc(C)cc1)c1nc2ccccc2s1. The molecule has 2 aromatic heterocycles. The van der Waals surface area contributed by atoms with Gasteiger partial charge in [-0.1, -0.05) is 52.9 Å². The average molecular weight is 411 g/mol. The molecule has 0 saturated carbocycles. The summed E-state index contributed by atoms with van der Waals surface area (Å²) in [4.78, 5) is 19.1. The first-order chi connectivity index (χ1) is 13.7. The number of hydrogen-bond acceptors (Lipinski definition) is 7. The summed E-state index contributed by atoms with van der Waals surface area (Å²) in [5.41, 5.74) is 2.93. The van der Waals surface area contributed by atoms with Gasteiger partial charge in [-0.05, 0) is 48.5 Å². The highest BCUT2D eigenvalue weighted by atomic mass is 32.2. The van der Waals surface area contributed by atoms with E-state index in [2.05, 4.69) is 20.5 Å². The second-order valence-electron chi connectivity index (χ2n) is 6.10. The molecule has 0 unspecified atom stereocenters. The van der Waals surface area contributed by atoms with E-state index < -0.39 is 0 Å². The number of aromatic nitrogens is 5. The van der Waals surface area contributed by atoms with E-state index in [-0.39, 0.29) is 11.7 Å². The van der Waals surface area contributed by atoms with Gasteiger partial charge in [0.1, 0.15) is 0 Å². The molecule has 0 atom stereocenters. The predicted octanol–water partition coefficient (Wildman–Crippen LogP) is 3.73. The van der Waals surface area contributed by atoms with Gasteiger partial charge in [0, 0.05) is 6.54 Å². The van der Waals surface area contributed by atoms with Crippen LogP contribution in [-0.4, -0.2) is 43.4 Å². The van der Waals surface area contributed by atoms with Crippen molar-refractivity contribution in [1.82, 2.24) is 25.2 Å². The summed E-state index contributed by atoms with van der Waals surface area (Å²) in [6.07, 6.45) is 0. The summed E-state index contributed by atoms with van der Waals surface area (Å²) in [5.74, 6) is 0.209. The molecule has 4 aromatic rings. The molecule has 0 radical (unpaired) electrons. The number of para-hydroxylation sites is 1. The molecule has 0 aliphatic heterocycles. The Kier molecular flexibility index (Phi) is 5.36. The third-order valence-electron chi connectivity index (χ3n) is 4.17. The van der Waals surface area contributed by atoms with Crippen molar-refractivity contribution in [3.05, 3.63) is 54.1 Å². The number of benzene rings is 2. The summed E-state index contributed by atoms with van der Waals surface area (Å²) in [5, 5.41) is 13.2. The van der Waals surface area contributed by atoms with Crippen LogP contribution in [0.25, 0.3) is 15.9 Å². The van der Waals surface area contributed by atoms with E-state index in [1.54, 1.807) is 9.58 Å². The monoisotopic (exact) mass is 410 g/mol. The van der Waals surface area contributed by atoms with E-state index in [4.69, 9.17) is 0 Å². The average Bonchev–Trinajstić information content (AvgIpc) is 3.34. The molecule has 0 saturated heterocycles. The number of hydrogen-bond donors (Lipinski definition) is 0. The highest BCUT2D eigenvalue weighted by molar-refractivity contribution is 7.99. The van der Waals surface area contributed by atoms with Crippen LogP contribution < -0.4 is 4.90 Å². The molecular weight excluding hydrogens is 392 g/mol. The molecule has 142 valence electrons. The zero-order valence-corrected chi connectivity index (χ0v) is 17.1. The lowest BCUT2D eigenvalue weighted by atomic mass is 10.2. The van der Waals surface area contributed by atoms with Crippen LogP contribution in [0, 0.1) is 6.92 Å². The number of thiazole rings is 1. The molecule has 0 fully saturated rings. The number of fused-ring (bicyclic) bond motifs is 1. The van der Waals surface area contributed by atoms with E-state index >= 15 is 0 Å². The zero-order chi connectivity index (χ0) is 19.5. The smallest absolute Gasteiger partial charge is 0.239 e. The van der Waals surface area contributed by atoms with Gasteiger partial charge in [0.15, 0.2) is 5.13 Å². The summed E-state index contributed by atoms with van der Waals surface area (Å²) in [6.45, 7) is 4.53. The van der Waals surface area contributed by atoms with Gasteiger partial charge in [0.2, 0.25) is 11.1 Å². The van der Waals surface area contributed by atoms with Crippen molar-refractivity contribution >= 4 is 44.4 Å². The number of thioether (sulfide) groups is 1. The van der Waals surface area contributed by atoms with Gasteiger partial charge in [-0.15, -0.1) is 5.10 Å². The van der Waals surface area contributed by atoms with Crippen LogP contribution in [0.1, 0.15) is 12.5 Å². The van der Waals surface area contributed by atoms with E-state index in [9.17, 15) is 4.79 Å². The number of anilines is 1. The molecule has 0 bridgehead atoms. The minimum absolute atomic E-state index is 0.0231. The van der Waals surface area contributed by atoms with Crippen molar-refractivity contribution in [1.29, 1.82) is 0 Å². The van der Waals surface area contributed by atoms with Crippen molar-refractivity contribution < 1.29 is 4.79 Å². The number of tetrazole rings is 1. The Hall–Kier alpha value is -2.78. The molecule has 0 aliphatic rings. The van der Waals surface area contributed by atoms with Gasteiger partial charge < -0.3 is 0 Å². The van der Waals surface area contributed by atoms with Gasteiger partial charge in [-0.3, -0.25) is 9.69 Å². The molecule has 0 N–H and O–H groups in total. The first-order valence-electron chi connectivity index (χ1n) is 8.80. The van der Waals surface area contributed by atoms with Crippen molar-refractivity contribution in [3.63, 3.8) is 0 Å². The van der Waals surface area contributed by atoms with Crippen LogP contribution >= 0.6 is 23.1 Å². The fraction of sp³-hybridized carbons (Fsp3) is 0.211. The Morgan fingerprint density at radius 1 is 1.18 bits per heavy atom. The quantitative estimate of drug-likeness (QED) is 0.451. The topological polar surface area (TPSA) is 76.8 Å². The Labute approximate surface area is 170 Å². The number of rotatable bonds is 6. The molecule has 7 nitrogen and oxygen atoms in total. The second-order valence-corrected chi connectivity index (χ2v) is 8.05. The fourth-order valence-electron chi connectivity index (χ4n) is 2.71. The minimum Gasteiger partial charge on any atom is -0.288 e. The highest BCUT2D eigenvalue weighted by Crippen LogP contribution is 2.29. The normalized spacial score (nSPS) is 11.1. The van der Waals surface area contributed by atoms with E-state index in [1.807, 2.05) is 62.4 Å². The van der Waals surface area contributed by atoms with Gasteiger partial charge >= 0.3 is 0 Å². The summed E-state index contributed by atoms with van der Waals surface area (Å²) < 4.78 is 2.71. The molecule has 9 heteroatoms. The van der Waals surface area contributed by atoms with Crippen molar-refractivity contribution in [2.45, 2.75) is 19.0 Å². The number of amides is 1. The molecule has 2 heterocycles. The van der Waals surface area contributed by atoms with Crippen LogP contribution in [-0.2, 0) is 4.79 Å². The van der Waals surface area contributed by atoms with Gasteiger partial charge in [-0.2, -0.15) is 4.68 Å². The zero-order valence-electron chi connectivity index (χ0n) is 15.4. The Morgan fingerprint density at radius 3 is 2.71 bits per heavy atom.